The molecule has 0 bridgehead atoms. The molecule has 1 aromatic carbocycles. The highest BCUT2D eigenvalue weighted by Gasteiger charge is 2.54. The molecular weight excluding hydrogens is 300 g/mol. The van der Waals surface area contributed by atoms with E-state index in [1.165, 1.54) is 17.2 Å². The van der Waals surface area contributed by atoms with Gasteiger partial charge in [-0.1, -0.05) is 25.1 Å². The third kappa shape index (κ3) is 2.23. The first-order chi connectivity index (χ1) is 11.0. The van der Waals surface area contributed by atoms with Crippen LogP contribution in [0, 0.1) is 17.3 Å². The van der Waals surface area contributed by atoms with E-state index in [9.17, 15) is 9.90 Å². The molecule has 2 radical (unpaired) electrons. The van der Waals surface area contributed by atoms with Gasteiger partial charge in [0.1, 0.15) is 11.5 Å². The summed E-state index contributed by atoms with van der Waals surface area (Å²) in [6.45, 7) is 4.47. The van der Waals surface area contributed by atoms with Crippen molar-refractivity contribution in [2.24, 2.45) is 17.3 Å². The summed E-state index contributed by atoms with van der Waals surface area (Å²) < 4.78 is 0. The minimum atomic E-state index is -0.0389. The number of rotatable bonds is 2. The lowest BCUT2D eigenvalue weighted by molar-refractivity contribution is -0.129. The Balaban J connectivity index is 1.76. The van der Waals surface area contributed by atoms with Crippen molar-refractivity contribution < 1.29 is 9.90 Å². The summed E-state index contributed by atoms with van der Waals surface area (Å²) in [7, 11) is 0.789. The van der Waals surface area contributed by atoms with Gasteiger partial charge in [-0.3, -0.25) is 4.79 Å². The molecule has 0 amide bonds. The summed E-state index contributed by atoms with van der Waals surface area (Å²) in [4.78, 5) is 12.4. The highest BCUT2D eigenvalue weighted by atomic mass is 28.2. The topological polar surface area (TPSA) is 37.3 Å². The summed E-state index contributed by atoms with van der Waals surface area (Å²) in [5, 5.41) is 11.5. The fourth-order valence-corrected chi connectivity index (χ4v) is 6.99. The third-order valence-corrected chi connectivity index (χ3v) is 8.03. The zero-order chi connectivity index (χ0) is 16.2. The Kier molecular flexibility index (Phi) is 3.67. The zero-order valence-electron chi connectivity index (χ0n) is 14.2. The molecule has 0 saturated heterocycles. The maximum absolute atomic E-state index is 12.4. The molecule has 23 heavy (non-hydrogen) atoms. The van der Waals surface area contributed by atoms with Crippen LogP contribution in [0.1, 0.15) is 63.0 Å². The van der Waals surface area contributed by atoms with E-state index in [2.05, 4.69) is 13.8 Å². The molecule has 122 valence electrons. The van der Waals surface area contributed by atoms with Gasteiger partial charge < -0.3 is 5.11 Å². The van der Waals surface area contributed by atoms with Crippen LogP contribution >= 0.6 is 0 Å². The van der Waals surface area contributed by atoms with E-state index in [-0.39, 0.29) is 5.41 Å². The smallest absolute Gasteiger partial charge is 0.139 e. The van der Waals surface area contributed by atoms with E-state index in [0.717, 1.165) is 47.7 Å². The molecule has 1 aromatic rings. The Morgan fingerprint density at radius 3 is 2.87 bits per heavy atom. The number of benzene rings is 1. The van der Waals surface area contributed by atoms with Crippen molar-refractivity contribution in [1.82, 2.24) is 0 Å². The van der Waals surface area contributed by atoms with Gasteiger partial charge in [-0.2, -0.15) is 0 Å². The maximum Gasteiger partial charge on any atom is 0.139 e. The average Bonchev–Trinajstić information content (AvgIpc) is 2.82. The number of hydrogen-bond donors (Lipinski definition) is 1. The highest BCUT2D eigenvalue weighted by Crippen LogP contribution is 2.59. The number of carbonyl (C=O) groups excluding carboxylic acids is 1. The van der Waals surface area contributed by atoms with Crippen LogP contribution in [0.4, 0.5) is 0 Å². The number of phenols is 1. The fraction of sp³-hybridized carbons (Fsp3) is 0.650. The average molecular weight is 327 g/mol. The van der Waals surface area contributed by atoms with E-state index < -0.39 is 0 Å². The Labute approximate surface area is 141 Å². The lowest BCUT2D eigenvalue weighted by atomic mass is 9.55. The number of ketones is 1. The van der Waals surface area contributed by atoms with Gasteiger partial charge in [0.25, 0.3) is 0 Å². The van der Waals surface area contributed by atoms with Crippen molar-refractivity contribution in [3.05, 3.63) is 23.3 Å². The number of Topliss-reactive ketones (excluding diaryl/α,β-unsaturated/α-hetero) is 1. The number of carbonyl (C=O) groups is 1. The fourth-order valence-electron chi connectivity index (χ4n) is 5.82. The van der Waals surface area contributed by atoms with Crippen LogP contribution in [-0.4, -0.2) is 20.4 Å². The van der Waals surface area contributed by atoms with Crippen LogP contribution in [0.5, 0.6) is 5.75 Å². The van der Waals surface area contributed by atoms with E-state index in [1.807, 2.05) is 12.1 Å². The standard InChI is InChI=1S/C20H26O2Si/c1-3-23-17-11-13(21)10-12-4-5-14-15(19(12)17)8-9-20(2)16(14)6-7-18(20)22/h10-11,14-16,21H,3-9H2,1-2H3/t14-,15+,16+,20+/m1/s1. The predicted octanol–water partition coefficient (Wildman–Crippen LogP) is 3.59. The molecular formula is C20H26O2Si. The van der Waals surface area contributed by atoms with E-state index in [0.29, 0.717) is 29.3 Å². The van der Waals surface area contributed by atoms with Crippen LogP contribution in [-0.2, 0) is 11.2 Å². The summed E-state index contributed by atoms with van der Waals surface area (Å²) in [5.41, 5.74) is 2.90. The number of fused-ring (bicyclic) bond motifs is 5. The quantitative estimate of drug-likeness (QED) is 0.843. The molecule has 0 aromatic heterocycles. The van der Waals surface area contributed by atoms with Gasteiger partial charge in [0.15, 0.2) is 0 Å². The predicted molar refractivity (Wildman–Crippen MR) is 93.6 cm³/mol. The van der Waals surface area contributed by atoms with E-state index in [4.69, 9.17) is 0 Å². The largest absolute Gasteiger partial charge is 0.508 e. The molecule has 0 spiro atoms. The van der Waals surface area contributed by atoms with Crippen LogP contribution in [0.2, 0.25) is 6.04 Å². The second-order valence-electron chi connectivity index (χ2n) is 7.93. The maximum atomic E-state index is 12.4. The first-order valence-corrected chi connectivity index (χ1v) is 10.4. The van der Waals surface area contributed by atoms with Crippen LogP contribution in [0.3, 0.4) is 0 Å². The van der Waals surface area contributed by atoms with Crippen LogP contribution in [0.25, 0.3) is 0 Å². The number of aryl methyl sites for hydroxylation is 1. The minimum absolute atomic E-state index is 0.0389. The summed E-state index contributed by atoms with van der Waals surface area (Å²) in [6, 6.07) is 5.16. The van der Waals surface area contributed by atoms with Gasteiger partial charge in [-0.15, -0.1) is 0 Å². The first-order valence-electron chi connectivity index (χ1n) is 9.17. The summed E-state index contributed by atoms with van der Waals surface area (Å²) in [6.07, 6.45) is 6.40. The molecule has 0 heterocycles. The Hall–Kier alpha value is -1.09. The van der Waals surface area contributed by atoms with Crippen LogP contribution in [0.15, 0.2) is 12.1 Å². The Morgan fingerprint density at radius 1 is 1.26 bits per heavy atom. The third-order valence-electron chi connectivity index (χ3n) is 6.88. The minimum Gasteiger partial charge on any atom is -0.508 e. The van der Waals surface area contributed by atoms with Gasteiger partial charge in [0.2, 0.25) is 0 Å². The summed E-state index contributed by atoms with van der Waals surface area (Å²) in [5.74, 6) is 2.85. The van der Waals surface area contributed by atoms with Crippen molar-refractivity contribution in [3.63, 3.8) is 0 Å². The molecule has 2 nitrogen and oxygen atoms in total. The Bertz CT molecular complexity index is 653. The van der Waals surface area contributed by atoms with Gasteiger partial charge in [-0.25, -0.2) is 0 Å². The lowest BCUT2D eigenvalue weighted by Gasteiger charge is -2.48. The van der Waals surface area contributed by atoms with Gasteiger partial charge >= 0.3 is 0 Å². The van der Waals surface area contributed by atoms with E-state index >= 15 is 0 Å². The van der Waals surface area contributed by atoms with Crippen molar-refractivity contribution in [3.8, 4) is 5.75 Å². The molecule has 3 heteroatoms. The lowest BCUT2D eigenvalue weighted by Crippen LogP contribution is -2.44. The molecule has 4 rings (SSSR count). The normalized spacial score (nSPS) is 35.6. The molecule has 2 saturated carbocycles. The SMILES string of the molecule is CC[Si]c1cc(O)cc2c1[C@H]1CC[C@]3(C)C(=O)CC[C@H]3[C@@H]1CC2. The number of phenolic OH excluding ortho intramolecular Hbond substituents is 1. The van der Waals surface area contributed by atoms with Crippen molar-refractivity contribution in [2.75, 3.05) is 0 Å². The van der Waals surface area contributed by atoms with E-state index in [1.54, 1.807) is 5.56 Å². The Morgan fingerprint density at radius 2 is 2.09 bits per heavy atom. The molecule has 2 fully saturated rings. The van der Waals surface area contributed by atoms with Crippen molar-refractivity contribution in [2.45, 2.75) is 64.3 Å². The van der Waals surface area contributed by atoms with Gasteiger partial charge in [0, 0.05) is 11.8 Å². The molecule has 0 unspecified atom stereocenters. The molecule has 3 aliphatic carbocycles. The monoisotopic (exact) mass is 326 g/mol. The first kappa shape index (κ1) is 15.4. The van der Waals surface area contributed by atoms with Crippen molar-refractivity contribution in [1.29, 1.82) is 0 Å². The second kappa shape index (κ2) is 5.47. The van der Waals surface area contributed by atoms with Crippen molar-refractivity contribution >= 4 is 20.5 Å². The number of hydrogen-bond acceptors (Lipinski definition) is 2. The molecule has 3 aliphatic rings. The molecule has 4 atom stereocenters. The number of aromatic hydroxyl groups is 1. The highest BCUT2D eigenvalue weighted by molar-refractivity contribution is 6.54. The molecule has 0 aliphatic heterocycles. The molecule has 1 N–H and O–H groups in total. The second-order valence-corrected chi connectivity index (χ2v) is 9.53. The van der Waals surface area contributed by atoms with Crippen LogP contribution < -0.4 is 5.19 Å². The van der Waals surface area contributed by atoms with Gasteiger partial charge in [-0.05, 0) is 73.1 Å². The summed E-state index contributed by atoms with van der Waals surface area (Å²) >= 11 is 0. The zero-order valence-corrected chi connectivity index (χ0v) is 15.2. The van der Waals surface area contributed by atoms with Gasteiger partial charge in [0.05, 0.1) is 9.52 Å².